The van der Waals surface area contributed by atoms with Gasteiger partial charge < -0.3 is 19.5 Å². The fourth-order valence-electron chi connectivity index (χ4n) is 2.32. The second-order valence-corrected chi connectivity index (χ2v) is 5.89. The molecule has 29 heavy (non-hydrogen) atoms. The predicted octanol–water partition coefficient (Wildman–Crippen LogP) is 3.12. The quantitative estimate of drug-likeness (QED) is 0.313. The molecule has 0 aliphatic heterocycles. The Morgan fingerprint density at radius 1 is 1.10 bits per heavy atom. The zero-order valence-electron chi connectivity index (χ0n) is 16.1. The van der Waals surface area contributed by atoms with E-state index in [4.69, 9.17) is 14.2 Å². The van der Waals surface area contributed by atoms with E-state index in [9.17, 15) is 19.7 Å². The lowest BCUT2D eigenvalue weighted by atomic mass is 10.2. The predicted molar refractivity (Wildman–Crippen MR) is 106 cm³/mol. The van der Waals surface area contributed by atoms with E-state index in [1.54, 1.807) is 25.1 Å². The number of hydrogen-bond donors (Lipinski definition) is 1. The highest BCUT2D eigenvalue weighted by molar-refractivity contribution is 5.95. The number of nitrogens with one attached hydrogen (secondary N) is 1. The van der Waals surface area contributed by atoms with Gasteiger partial charge in [-0.2, -0.15) is 0 Å². The monoisotopic (exact) mass is 400 g/mol. The number of nitrogens with zero attached hydrogens (tertiary/aromatic N) is 1. The molecule has 0 fully saturated rings. The van der Waals surface area contributed by atoms with Gasteiger partial charge in [0.1, 0.15) is 11.5 Å². The van der Waals surface area contributed by atoms with E-state index in [0.29, 0.717) is 22.6 Å². The van der Waals surface area contributed by atoms with Crippen LogP contribution in [0.2, 0.25) is 0 Å². The van der Waals surface area contributed by atoms with Crippen molar-refractivity contribution in [2.45, 2.75) is 6.92 Å². The average molecular weight is 400 g/mol. The van der Waals surface area contributed by atoms with Crippen molar-refractivity contribution in [3.05, 3.63) is 63.7 Å². The van der Waals surface area contributed by atoms with Gasteiger partial charge in [-0.1, -0.05) is 6.07 Å². The van der Waals surface area contributed by atoms with Crippen LogP contribution in [0.3, 0.4) is 0 Å². The number of carbonyl (C=O) groups is 2. The van der Waals surface area contributed by atoms with E-state index < -0.39 is 23.4 Å². The van der Waals surface area contributed by atoms with Crippen molar-refractivity contribution in [1.82, 2.24) is 0 Å². The molecule has 0 aliphatic rings. The Balaban J connectivity index is 1.94. The van der Waals surface area contributed by atoms with E-state index in [1.165, 1.54) is 44.6 Å². The van der Waals surface area contributed by atoms with Gasteiger partial charge in [0, 0.05) is 24.3 Å². The molecule has 0 saturated heterocycles. The molecule has 9 nitrogen and oxygen atoms in total. The van der Waals surface area contributed by atoms with Gasteiger partial charge in [-0.25, -0.2) is 4.79 Å². The van der Waals surface area contributed by atoms with E-state index in [-0.39, 0.29) is 11.4 Å². The highest BCUT2D eigenvalue weighted by Gasteiger charge is 2.12. The maximum Gasteiger partial charge on any atom is 0.331 e. The third-order valence-corrected chi connectivity index (χ3v) is 3.84. The molecule has 0 heterocycles. The van der Waals surface area contributed by atoms with Crippen LogP contribution in [0.1, 0.15) is 11.1 Å². The summed E-state index contributed by atoms with van der Waals surface area (Å²) >= 11 is 0. The summed E-state index contributed by atoms with van der Waals surface area (Å²) in [7, 11) is 3.02. The van der Waals surface area contributed by atoms with Crippen LogP contribution in [0.25, 0.3) is 6.08 Å². The molecule has 0 saturated carbocycles. The molecule has 0 radical (unpaired) electrons. The summed E-state index contributed by atoms with van der Waals surface area (Å²) in [5.74, 6) is -0.218. The Hall–Kier alpha value is -3.88. The number of anilines is 1. The first kappa shape index (κ1) is 21.4. The number of amides is 1. The molecule has 0 atom stereocenters. The average Bonchev–Trinajstić information content (AvgIpc) is 2.71. The third kappa shape index (κ3) is 6.35. The summed E-state index contributed by atoms with van der Waals surface area (Å²) in [6, 6.07) is 9.18. The number of ether oxygens (including phenoxy) is 3. The zero-order chi connectivity index (χ0) is 21.4. The first-order valence-corrected chi connectivity index (χ1v) is 8.45. The topological polar surface area (TPSA) is 117 Å². The summed E-state index contributed by atoms with van der Waals surface area (Å²) < 4.78 is 15.2. The van der Waals surface area contributed by atoms with Gasteiger partial charge in [0.15, 0.2) is 6.61 Å². The van der Waals surface area contributed by atoms with Crippen molar-refractivity contribution in [1.29, 1.82) is 0 Å². The molecule has 0 bridgehead atoms. The molecule has 0 aliphatic carbocycles. The number of benzene rings is 2. The minimum absolute atomic E-state index is 0.153. The Kier molecular flexibility index (Phi) is 7.30. The highest BCUT2D eigenvalue weighted by atomic mass is 16.6. The van der Waals surface area contributed by atoms with Crippen LogP contribution < -0.4 is 14.8 Å². The molecular weight excluding hydrogens is 380 g/mol. The van der Waals surface area contributed by atoms with Gasteiger partial charge in [-0.3, -0.25) is 14.9 Å². The van der Waals surface area contributed by atoms with Crippen LogP contribution in [0, 0.1) is 17.0 Å². The fourth-order valence-corrected chi connectivity index (χ4v) is 2.32. The molecular formula is C20H20N2O7. The first-order chi connectivity index (χ1) is 13.8. The largest absolute Gasteiger partial charge is 0.497 e. The molecule has 1 N–H and O–H groups in total. The molecule has 0 unspecified atom stereocenters. The lowest BCUT2D eigenvalue weighted by Crippen LogP contribution is -2.20. The number of methoxy groups -OCH3 is 2. The molecule has 2 aromatic rings. The van der Waals surface area contributed by atoms with Crippen molar-refractivity contribution in [2.75, 3.05) is 26.1 Å². The molecule has 9 heteroatoms. The van der Waals surface area contributed by atoms with Crippen molar-refractivity contribution in [3.63, 3.8) is 0 Å². The number of aryl methyl sites for hydroxylation is 1. The van der Waals surface area contributed by atoms with Crippen molar-refractivity contribution < 1.29 is 28.7 Å². The standard InChI is InChI=1S/C20H20N2O7/c1-13-4-6-15(22(25)26)10-18(13)21-19(23)12-29-20(24)7-5-14-8-16(27-2)11-17(9-14)28-3/h4-11H,12H2,1-3H3,(H,21,23)/b7-5+. The fraction of sp³-hybridized carbons (Fsp3) is 0.200. The summed E-state index contributed by atoms with van der Waals surface area (Å²) in [6.07, 6.45) is 2.66. The van der Waals surface area contributed by atoms with Gasteiger partial charge in [-0.05, 0) is 36.3 Å². The summed E-state index contributed by atoms with van der Waals surface area (Å²) in [5.41, 5.74) is 1.41. The van der Waals surface area contributed by atoms with Crippen LogP contribution in [-0.4, -0.2) is 37.6 Å². The van der Waals surface area contributed by atoms with Crippen LogP contribution in [-0.2, 0) is 14.3 Å². The Bertz CT molecular complexity index is 932. The highest BCUT2D eigenvalue weighted by Crippen LogP contribution is 2.23. The van der Waals surface area contributed by atoms with E-state index >= 15 is 0 Å². The third-order valence-electron chi connectivity index (χ3n) is 3.84. The molecule has 1 amide bonds. The van der Waals surface area contributed by atoms with Crippen LogP contribution in [0.15, 0.2) is 42.5 Å². The summed E-state index contributed by atoms with van der Waals surface area (Å²) in [6.45, 7) is 1.16. The summed E-state index contributed by atoms with van der Waals surface area (Å²) in [5, 5.41) is 13.3. The first-order valence-electron chi connectivity index (χ1n) is 8.45. The van der Waals surface area contributed by atoms with Gasteiger partial charge >= 0.3 is 5.97 Å². The Morgan fingerprint density at radius 3 is 2.34 bits per heavy atom. The lowest BCUT2D eigenvalue weighted by Gasteiger charge is -2.08. The van der Waals surface area contributed by atoms with E-state index in [1.807, 2.05) is 0 Å². The van der Waals surface area contributed by atoms with Crippen molar-refractivity contribution >= 4 is 29.3 Å². The molecule has 0 spiro atoms. The number of hydrogen-bond acceptors (Lipinski definition) is 7. The maximum absolute atomic E-state index is 12.0. The molecule has 2 rings (SSSR count). The SMILES string of the molecule is COc1cc(/C=C/C(=O)OCC(=O)Nc2cc([N+](=O)[O-])ccc2C)cc(OC)c1. The van der Waals surface area contributed by atoms with Crippen LogP contribution >= 0.6 is 0 Å². The minimum Gasteiger partial charge on any atom is -0.497 e. The number of rotatable bonds is 8. The number of non-ortho nitro benzene ring substituents is 1. The summed E-state index contributed by atoms with van der Waals surface area (Å²) in [4.78, 5) is 34.1. The molecule has 152 valence electrons. The zero-order valence-corrected chi connectivity index (χ0v) is 16.1. The second-order valence-electron chi connectivity index (χ2n) is 5.89. The molecule has 2 aromatic carbocycles. The van der Waals surface area contributed by atoms with Crippen LogP contribution in [0.5, 0.6) is 11.5 Å². The normalized spacial score (nSPS) is 10.4. The van der Waals surface area contributed by atoms with Gasteiger partial charge in [-0.15, -0.1) is 0 Å². The smallest absolute Gasteiger partial charge is 0.331 e. The van der Waals surface area contributed by atoms with Crippen LogP contribution in [0.4, 0.5) is 11.4 Å². The van der Waals surface area contributed by atoms with Gasteiger partial charge in [0.05, 0.1) is 24.8 Å². The van der Waals surface area contributed by atoms with E-state index in [2.05, 4.69) is 5.32 Å². The van der Waals surface area contributed by atoms with Crippen molar-refractivity contribution in [2.24, 2.45) is 0 Å². The Labute approximate surface area is 167 Å². The van der Waals surface area contributed by atoms with Gasteiger partial charge in [0.25, 0.3) is 11.6 Å². The van der Waals surface area contributed by atoms with E-state index in [0.717, 1.165) is 0 Å². The number of nitro benzene ring substituents is 1. The number of esters is 1. The van der Waals surface area contributed by atoms with Crippen molar-refractivity contribution in [3.8, 4) is 11.5 Å². The van der Waals surface area contributed by atoms with Gasteiger partial charge in [0.2, 0.25) is 0 Å². The Morgan fingerprint density at radius 2 is 1.76 bits per heavy atom. The lowest BCUT2D eigenvalue weighted by molar-refractivity contribution is -0.384. The minimum atomic E-state index is -0.724. The molecule has 0 aromatic heterocycles. The second kappa shape index (κ2) is 9.88. The number of carbonyl (C=O) groups excluding carboxylic acids is 2. The number of nitro groups is 1. The maximum atomic E-state index is 12.0.